The second-order valence-electron chi connectivity index (χ2n) is 4.91. The van der Waals surface area contributed by atoms with E-state index in [0.717, 1.165) is 5.56 Å². The van der Waals surface area contributed by atoms with E-state index in [9.17, 15) is 9.18 Å². The zero-order chi connectivity index (χ0) is 16.2. The lowest BCUT2D eigenvalue weighted by atomic mass is 10.2. The summed E-state index contributed by atoms with van der Waals surface area (Å²) >= 11 is 1.25. The van der Waals surface area contributed by atoms with E-state index in [1.54, 1.807) is 12.1 Å². The number of thiazole rings is 1. The molecule has 2 aromatic carbocycles. The Morgan fingerprint density at radius 2 is 2.17 bits per heavy atom. The number of nitrogens with zero attached hydrogens (tertiary/aromatic N) is 1. The molecule has 1 heterocycles. The number of aromatic nitrogens is 1. The number of aryl methyl sites for hydroxylation is 1. The summed E-state index contributed by atoms with van der Waals surface area (Å²) in [5.74, 6) is -0.0177. The van der Waals surface area contributed by atoms with Gasteiger partial charge in [0.05, 0.1) is 10.2 Å². The highest BCUT2D eigenvalue weighted by molar-refractivity contribution is 7.22. The Kier molecular flexibility index (Phi) is 4.38. The molecule has 0 bridgehead atoms. The Hall–Kier alpha value is -2.67. The SMILES string of the molecule is Cc1cccc(OCC(=O)NNc2nc3ccc(F)cc3s2)c1. The molecule has 1 aromatic heterocycles. The monoisotopic (exact) mass is 331 g/mol. The Morgan fingerprint density at radius 3 is 3.00 bits per heavy atom. The molecular formula is C16H14FN3O2S. The van der Waals surface area contributed by atoms with E-state index in [2.05, 4.69) is 15.8 Å². The van der Waals surface area contributed by atoms with Gasteiger partial charge in [0, 0.05) is 0 Å². The quantitative estimate of drug-likeness (QED) is 0.705. The van der Waals surface area contributed by atoms with Crippen LogP contribution in [0.4, 0.5) is 9.52 Å². The van der Waals surface area contributed by atoms with Crippen molar-refractivity contribution in [3.63, 3.8) is 0 Å². The smallest absolute Gasteiger partial charge is 0.276 e. The van der Waals surface area contributed by atoms with Gasteiger partial charge in [-0.1, -0.05) is 23.5 Å². The second kappa shape index (κ2) is 6.62. The molecule has 0 atom stereocenters. The highest BCUT2D eigenvalue weighted by Gasteiger charge is 2.07. The van der Waals surface area contributed by atoms with Crippen LogP contribution in [0.25, 0.3) is 10.2 Å². The molecule has 5 nitrogen and oxygen atoms in total. The van der Waals surface area contributed by atoms with E-state index in [4.69, 9.17) is 4.74 Å². The minimum Gasteiger partial charge on any atom is -0.484 e. The van der Waals surface area contributed by atoms with Gasteiger partial charge < -0.3 is 4.74 Å². The molecule has 0 aliphatic heterocycles. The molecule has 1 amide bonds. The van der Waals surface area contributed by atoms with Gasteiger partial charge in [0.2, 0.25) is 5.13 Å². The number of hydrogen-bond donors (Lipinski definition) is 2. The van der Waals surface area contributed by atoms with E-state index < -0.39 is 0 Å². The van der Waals surface area contributed by atoms with E-state index in [-0.39, 0.29) is 18.3 Å². The van der Waals surface area contributed by atoms with Crippen molar-refractivity contribution < 1.29 is 13.9 Å². The molecule has 3 rings (SSSR count). The Balaban J connectivity index is 1.53. The fourth-order valence-corrected chi connectivity index (χ4v) is 2.81. The third-order valence-corrected chi connectivity index (χ3v) is 3.95. The molecule has 0 aliphatic carbocycles. The Morgan fingerprint density at radius 1 is 1.30 bits per heavy atom. The van der Waals surface area contributed by atoms with Crippen LogP contribution in [0.2, 0.25) is 0 Å². The highest BCUT2D eigenvalue weighted by Crippen LogP contribution is 2.25. The second-order valence-corrected chi connectivity index (χ2v) is 5.94. The van der Waals surface area contributed by atoms with Gasteiger partial charge in [0.15, 0.2) is 6.61 Å². The number of ether oxygens (including phenoxy) is 1. The molecule has 0 fully saturated rings. The van der Waals surface area contributed by atoms with Gasteiger partial charge in [-0.3, -0.25) is 15.6 Å². The van der Waals surface area contributed by atoms with Gasteiger partial charge in [-0.05, 0) is 42.8 Å². The molecular weight excluding hydrogens is 317 g/mol. The van der Waals surface area contributed by atoms with Gasteiger partial charge in [-0.25, -0.2) is 9.37 Å². The molecule has 0 spiro atoms. The first kappa shape index (κ1) is 15.2. The molecule has 7 heteroatoms. The number of carbonyl (C=O) groups is 1. The summed E-state index contributed by atoms with van der Waals surface area (Å²) < 4.78 is 19.2. The number of rotatable bonds is 5. The summed E-state index contributed by atoms with van der Waals surface area (Å²) in [6.45, 7) is 1.83. The lowest BCUT2D eigenvalue weighted by Crippen LogP contribution is -2.33. The number of anilines is 1. The van der Waals surface area contributed by atoms with Crippen molar-refractivity contribution in [1.82, 2.24) is 10.4 Å². The Bertz CT molecular complexity index is 850. The van der Waals surface area contributed by atoms with E-state index in [1.807, 2.05) is 25.1 Å². The molecule has 0 radical (unpaired) electrons. The van der Waals surface area contributed by atoms with Crippen LogP contribution in [0.3, 0.4) is 0 Å². The van der Waals surface area contributed by atoms with Crippen molar-refractivity contribution in [1.29, 1.82) is 0 Å². The van der Waals surface area contributed by atoms with Crippen LogP contribution in [0, 0.1) is 12.7 Å². The maximum absolute atomic E-state index is 13.1. The highest BCUT2D eigenvalue weighted by atomic mass is 32.1. The zero-order valence-corrected chi connectivity index (χ0v) is 13.1. The van der Waals surface area contributed by atoms with Crippen molar-refractivity contribution in [2.45, 2.75) is 6.92 Å². The minimum atomic E-state index is -0.336. The molecule has 3 aromatic rings. The molecule has 118 valence electrons. The van der Waals surface area contributed by atoms with Crippen molar-refractivity contribution in [2.24, 2.45) is 0 Å². The van der Waals surface area contributed by atoms with Gasteiger partial charge in [0.1, 0.15) is 11.6 Å². The molecule has 23 heavy (non-hydrogen) atoms. The van der Waals surface area contributed by atoms with Crippen molar-refractivity contribution >= 4 is 32.6 Å². The number of halogens is 1. The molecule has 0 saturated carbocycles. The number of nitrogens with one attached hydrogen (secondary N) is 2. The van der Waals surface area contributed by atoms with Crippen molar-refractivity contribution in [2.75, 3.05) is 12.0 Å². The van der Waals surface area contributed by atoms with Gasteiger partial charge >= 0.3 is 0 Å². The predicted molar refractivity (Wildman–Crippen MR) is 88.0 cm³/mol. The number of amides is 1. The van der Waals surface area contributed by atoms with Crippen LogP contribution < -0.4 is 15.6 Å². The van der Waals surface area contributed by atoms with Crippen LogP contribution in [-0.4, -0.2) is 17.5 Å². The first-order valence-corrected chi connectivity index (χ1v) is 7.72. The maximum Gasteiger partial charge on any atom is 0.276 e. The first-order valence-electron chi connectivity index (χ1n) is 6.90. The first-order chi connectivity index (χ1) is 11.1. The lowest BCUT2D eigenvalue weighted by Gasteiger charge is -2.08. The van der Waals surface area contributed by atoms with Gasteiger partial charge in [-0.2, -0.15) is 0 Å². The third kappa shape index (κ3) is 3.95. The van der Waals surface area contributed by atoms with Crippen molar-refractivity contribution in [3.05, 3.63) is 53.8 Å². The van der Waals surface area contributed by atoms with Crippen LogP contribution in [0.5, 0.6) is 5.75 Å². The van der Waals surface area contributed by atoms with E-state index in [1.165, 1.54) is 23.5 Å². The van der Waals surface area contributed by atoms with Crippen LogP contribution in [0.1, 0.15) is 5.56 Å². The lowest BCUT2D eigenvalue weighted by molar-refractivity contribution is -0.122. The summed E-state index contributed by atoms with van der Waals surface area (Å²) in [4.78, 5) is 16.0. The normalized spacial score (nSPS) is 10.5. The fourth-order valence-electron chi connectivity index (χ4n) is 1.97. The summed E-state index contributed by atoms with van der Waals surface area (Å²) in [6, 6.07) is 11.8. The Labute approximate surface area is 136 Å². The summed E-state index contributed by atoms with van der Waals surface area (Å²) in [5, 5.41) is 0.481. The van der Waals surface area contributed by atoms with Crippen LogP contribution in [0.15, 0.2) is 42.5 Å². The maximum atomic E-state index is 13.1. The van der Waals surface area contributed by atoms with E-state index >= 15 is 0 Å². The molecule has 0 aliphatic rings. The summed E-state index contributed by atoms with van der Waals surface area (Å²) in [6.07, 6.45) is 0. The van der Waals surface area contributed by atoms with E-state index in [0.29, 0.717) is 21.1 Å². The van der Waals surface area contributed by atoms with Gasteiger partial charge in [-0.15, -0.1) is 0 Å². The molecule has 2 N–H and O–H groups in total. The number of carbonyl (C=O) groups excluding carboxylic acids is 1. The average Bonchev–Trinajstić information content (AvgIpc) is 2.93. The summed E-state index contributed by atoms with van der Waals surface area (Å²) in [5.41, 5.74) is 6.93. The number of hydrogen-bond acceptors (Lipinski definition) is 5. The number of benzene rings is 2. The average molecular weight is 331 g/mol. The van der Waals surface area contributed by atoms with Crippen LogP contribution >= 0.6 is 11.3 Å². The molecule has 0 unspecified atom stereocenters. The minimum absolute atomic E-state index is 0.115. The number of fused-ring (bicyclic) bond motifs is 1. The topological polar surface area (TPSA) is 63.2 Å². The zero-order valence-electron chi connectivity index (χ0n) is 12.3. The van der Waals surface area contributed by atoms with Crippen LogP contribution in [-0.2, 0) is 4.79 Å². The largest absolute Gasteiger partial charge is 0.484 e. The third-order valence-electron chi connectivity index (χ3n) is 3.02. The summed E-state index contributed by atoms with van der Waals surface area (Å²) in [7, 11) is 0. The predicted octanol–water partition coefficient (Wildman–Crippen LogP) is 3.27. The molecule has 0 saturated heterocycles. The number of hydrazine groups is 1. The standard InChI is InChI=1S/C16H14FN3O2S/c1-10-3-2-4-12(7-10)22-9-15(21)19-20-16-18-13-6-5-11(17)8-14(13)23-16/h2-8H,9H2,1H3,(H,18,20)(H,19,21). The van der Waals surface area contributed by atoms with Crippen molar-refractivity contribution in [3.8, 4) is 5.75 Å². The van der Waals surface area contributed by atoms with Gasteiger partial charge in [0.25, 0.3) is 5.91 Å². The fraction of sp³-hybridized carbons (Fsp3) is 0.125.